The zero-order valence-electron chi connectivity index (χ0n) is 11.3. The number of nitrogens with zero attached hydrogens (tertiary/aromatic N) is 1. The Balaban J connectivity index is 1.81. The summed E-state index contributed by atoms with van der Waals surface area (Å²) in [7, 11) is 0. The Labute approximate surface area is 122 Å². The highest BCUT2D eigenvalue weighted by Gasteiger charge is 2.31. The predicted molar refractivity (Wildman–Crippen MR) is 76.7 cm³/mol. The van der Waals surface area contributed by atoms with Gasteiger partial charge in [0.15, 0.2) is 5.79 Å². The predicted octanol–water partition coefficient (Wildman–Crippen LogP) is 2.33. The van der Waals surface area contributed by atoms with E-state index in [2.05, 4.69) is 10.5 Å². The average Bonchev–Trinajstić information content (AvgIpc) is 2.41. The van der Waals surface area contributed by atoms with Crippen molar-refractivity contribution in [3.8, 4) is 0 Å². The van der Waals surface area contributed by atoms with Crippen LogP contribution in [0.3, 0.4) is 0 Å². The number of hydrogen-bond donors (Lipinski definition) is 1. The summed E-state index contributed by atoms with van der Waals surface area (Å²) in [6.07, 6.45) is 2.52. The topological polar surface area (TPSA) is 59.9 Å². The van der Waals surface area contributed by atoms with Crippen LogP contribution in [0.4, 0.5) is 0 Å². The number of benzene rings is 1. The normalized spacial score (nSPS) is 18.1. The van der Waals surface area contributed by atoms with Crippen molar-refractivity contribution >= 4 is 23.7 Å². The van der Waals surface area contributed by atoms with E-state index in [-0.39, 0.29) is 12.3 Å². The molecule has 2 rings (SSSR count). The summed E-state index contributed by atoms with van der Waals surface area (Å²) >= 11 is 5.78. The summed E-state index contributed by atoms with van der Waals surface area (Å²) in [5.41, 5.74) is 3.31. The summed E-state index contributed by atoms with van der Waals surface area (Å²) in [6.45, 7) is 2.98. The van der Waals surface area contributed by atoms with E-state index in [9.17, 15) is 4.79 Å². The molecule has 1 N–H and O–H groups in total. The van der Waals surface area contributed by atoms with E-state index in [1.54, 1.807) is 25.3 Å². The lowest BCUT2D eigenvalue weighted by Gasteiger charge is -2.33. The number of hydrogen-bond acceptors (Lipinski definition) is 4. The van der Waals surface area contributed by atoms with Crippen molar-refractivity contribution in [1.82, 2.24) is 5.43 Å². The molecular formula is C14H17ClN2O3. The van der Waals surface area contributed by atoms with E-state index in [1.807, 2.05) is 12.1 Å². The second-order valence-corrected chi connectivity index (χ2v) is 5.14. The molecule has 1 amide bonds. The lowest BCUT2D eigenvalue weighted by Crippen LogP contribution is -2.41. The number of hydrazone groups is 1. The van der Waals surface area contributed by atoms with Crippen molar-refractivity contribution in [3.63, 3.8) is 0 Å². The SMILES string of the molecule is CC1(CC(=O)N/N=C\c2ccc(Cl)cc2)OCCCO1. The smallest absolute Gasteiger partial charge is 0.245 e. The van der Waals surface area contributed by atoms with Crippen LogP contribution in [-0.2, 0) is 14.3 Å². The van der Waals surface area contributed by atoms with Crippen molar-refractivity contribution in [1.29, 1.82) is 0 Å². The molecule has 20 heavy (non-hydrogen) atoms. The van der Waals surface area contributed by atoms with Gasteiger partial charge >= 0.3 is 0 Å². The first-order valence-electron chi connectivity index (χ1n) is 6.43. The zero-order valence-corrected chi connectivity index (χ0v) is 12.0. The number of nitrogens with one attached hydrogen (secondary N) is 1. The fraction of sp³-hybridized carbons (Fsp3) is 0.429. The lowest BCUT2D eigenvalue weighted by molar-refractivity contribution is -0.256. The van der Waals surface area contributed by atoms with Crippen molar-refractivity contribution in [2.24, 2.45) is 5.10 Å². The Kier molecular flexibility index (Phi) is 5.11. The number of ether oxygens (including phenoxy) is 2. The Morgan fingerprint density at radius 3 is 2.70 bits per heavy atom. The second kappa shape index (κ2) is 6.83. The average molecular weight is 297 g/mol. The molecule has 0 unspecified atom stereocenters. The van der Waals surface area contributed by atoms with Gasteiger partial charge in [-0.15, -0.1) is 0 Å². The molecule has 1 aliphatic heterocycles. The van der Waals surface area contributed by atoms with Gasteiger partial charge in [-0.2, -0.15) is 5.10 Å². The van der Waals surface area contributed by atoms with Gasteiger partial charge in [0.2, 0.25) is 5.91 Å². The summed E-state index contributed by atoms with van der Waals surface area (Å²) in [5.74, 6) is -1.10. The monoisotopic (exact) mass is 296 g/mol. The van der Waals surface area contributed by atoms with Crippen LogP contribution in [0.25, 0.3) is 0 Å². The van der Waals surface area contributed by atoms with E-state index in [0.29, 0.717) is 18.2 Å². The molecule has 1 saturated heterocycles. The number of rotatable bonds is 4. The molecule has 6 heteroatoms. The van der Waals surface area contributed by atoms with Crippen LogP contribution >= 0.6 is 11.6 Å². The molecule has 1 aromatic rings. The number of halogens is 1. The standard InChI is InChI=1S/C14H17ClN2O3/c1-14(19-7-2-8-20-14)9-13(18)17-16-10-11-3-5-12(15)6-4-11/h3-6,10H,2,7-9H2,1H3,(H,17,18)/b16-10-. The van der Waals surface area contributed by atoms with E-state index in [0.717, 1.165) is 12.0 Å². The van der Waals surface area contributed by atoms with Crippen molar-refractivity contribution < 1.29 is 14.3 Å². The van der Waals surface area contributed by atoms with Gasteiger partial charge in [0.1, 0.15) is 0 Å². The molecule has 0 aliphatic carbocycles. The van der Waals surface area contributed by atoms with Gasteiger partial charge < -0.3 is 9.47 Å². The minimum atomic E-state index is -0.849. The van der Waals surface area contributed by atoms with E-state index >= 15 is 0 Å². The lowest BCUT2D eigenvalue weighted by atomic mass is 10.2. The fourth-order valence-corrected chi connectivity index (χ4v) is 1.96. The third-order valence-electron chi connectivity index (χ3n) is 2.86. The number of carbonyl (C=O) groups excluding carboxylic acids is 1. The van der Waals surface area contributed by atoms with Crippen molar-refractivity contribution in [3.05, 3.63) is 34.9 Å². The highest BCUT2D eigenvalue weighted by atomic mass is 35.5. The first kappa shape index (κ1) is 15.0. The first-order chi connectivity index (χ1) is 9.57. The molecule has 5 nitrogen and oxygen atoms in total. The van der Waals surface area contributed by atoms with Crippen LogP contribution in [0.1, 0.15) is 25.3 Å². The molecular weight excluding hydrogens is 280 g/mol. The molecule has 0 aromatic heterocycles. The molecule has 0 atom stereocenters. The summed E-state index contributed by atoms with van der Waals surface area (Å²) in [6, 6.07) is 7.14. The van der Waals surface area contributed by atoms with Crippen molar-refractivity contribution in [2.75, 3.05) is 13.2 Å². The first-order valence-corrected chi connectivity index (χ1v) is 6.81. The van der Waals surface area contributed by atoms with Crippen LogP contribution in [0, 0.1) is 0 Å². The Bertz CT molecular complexity index is 482. The van der Waals surface area contributed by atoms with Gasteiger partial charge in [0, 0.05) is 5.02 Å². The van der Waals surface area contributed by atoms with Gasteiger partial charge in [-0.3, -0.25) is 4.79 Å². The Morgan fingerprint density at radius 2 is 2.05 bits per heavy atom. The molecule has 1 heterocycles. The fourth-order valence-electron chi connectivity index (χ4n) is 1.84. The van der Waals surface area contributed by atoms with E-state index < -0.39 is 5.79 Å². The maximum Gasteiger partial charge on any atom is 0.245 e. The van der Waals surface area contributed by atoms with E-state index in [4.69, 9.17) is 21.1 Å². The van der Waals surface area contributed by atoms with Crippen LogP contribution in [0.15, 0.2) is 29.4 Å². The molecule has 1 aromatic carbocycles. The number of amides is 1. The van der Waals surface area contributed by atoms with Gasteiger partial charge in [-0.05, 0) is 31.0 Å². The maximum atomic E-state index is 11.8. The van der Waals surface area contributed by atoms with Gasteiger partial charge in [0.25, 0.3) is 0 Å². The molecule has 0 spiro atoms. The van der Waals surface area contributed by atoms with Gasteiger partial charge in [-0.1, -0.05) is 23.7 Å². The highest BCUT2D eigenvalue weighted by molar-refractivity contribution is 6.30. The summed E-state index contributed by atoms with van der Waals surface area (Å²) in [4.78, 5) is 11.8. The summed E-state index contributed by atoms with van der Waals surface area (Å²) < 4.78 is 10.9. The van der Waals surface area contributed by atoms with E-state index in [1.165, 1.54) is 0 Å². The summed E-state index contributed by atoms with van der Waals surface area (Å²) in [5, 5.41) is 4.55. The maximum absolute atomic E-state index is 11.8. The largest absolute Gasteiger partial charge is 0.350 e. The molecule has 1 fully saturated rings. The molecule has 108 valence electrons. The minimum absolute atomic E-state index is 0.116. The van der Waals surface area contributed by atoms with Crippen molar-refractivity contribution in [2.45, 2.75) is 25.6 Å². The third kappa shape index (κ3) is 4.59. The second-order valence-electron chi connectivity index (χ2n) is 4.71. The van der Waals surface area contributed by atoms with Gasteiger partial charge in [0.05, 0.1) is 25.8 Å². The number of carbonyl (C=O) groups is 1. The highest BCUT2D eigenvalue weighted by Crippen LogP contribution is 2.21. The molecule has 0 radical (unpaired) electrons. The van der Waals surface area contributed by atoms with Crippen LogP contribution < -0.4 is 5.43 Å². The Hall–Kier alpha value is -1.43. The third-order valence-corrected chi connectivity index (χ3v) is 3.11. The molecule has 0 bridgehead atoms. The Morgan fingerprint density at radius 1 is 1.40 bits per heavy atom. The quantitative estimate of drug-likeness (QED) is 0.685. The molecule has 1 aliphatic rings. The minimum Gasteiger partial charge on any atom is -0.350 e. The van der Waals surface area contributed by atoms with Gasteiger partial charge in [-0.25, -0.2) is 5.43 Å². The molecule has 0 saturated carbocycles. The zero-order chi connectivity index (χ0) is 14.4. The van der Waals surface area contributed by atoms with Crippen LogP contribution in [0.2, 0.25) is 5.02 Å². The van der Waals surface area contributed by atoms with Crippen LogP contribution in [-0.4, -0.2) is 31.1 Å². The van der Waals surface area contributed by atoms with Crippen LogP contribution in [0.5, 0.6) is 0 Å².